The van der Waals surface area contributed by atoms with Gasteiger partial charge >= 0.3 is 5.97 Å². The second-order valence-electron chi connectivity index (χ2n) is 8.05. The van der Waals surface area contributed by atoms with Crippen LogP contribution in [0.1, 0.15) is 32.7 Å². The van der Waals surface area contributed by atoms with Crippen LogP contribution < -0.4 is 9.47 Å². The van der Waals surface area contributed by atoms with Crippen molar-refractivity contribution >= 4 is 41.0 Å². The molecule has 6 nitrogen and oxygen atoms in total. The minimum Gasteiger partial charge on any atom is -0.493 e. The quantitative estimate of drug-likeness (QED) is 0.0828. The van der Waals surface area contributed by atoms with Crippen LogP contribution in [-0.4, -0.2) is 30.0 Å². The van der Waals surface area contributed by atoms with E-state index in [1.165, 1.54) is 18.3 Å². The van der Waals surface area contributed by atoms with Gasteiger partial charge in [0.1, 0.15) is 11.5 Å². The lowest BCUT2D eigenvalue weighted by Gasteiger charge is -2.09. The Balaban J connectivity index is 1.18. The highest BCUT2D eigenvalue weighted by molar-refractivity contribution is 6.30. The molecule has 0 aliphatic carbocycles. The van der Waals surface area contributed by atoms with Crippen molar-refractivity contribution in [3.05, 3.63) is 124 Å². The van der Waals surface area contributed by atoms with Crippen molar-refractivity contribution < 1.29 is 23.8 Å². The molecule has 3 aromatic carbocycles. The van der Waals surface area contributed by atoms with Gasteiger partial charge in [-0.15, -0.1) is 0 Å². The Morgan fingerprint density at radius 1 is 0.763 bits per heavy atom. The van der Waals surface area contributed by atoms with Gasteiger partial charge < -0.3 is 14.2 Å². The number of ether oxygens (including phenoxy) is 3. The molecule has 192 valence electrons. The van der Waals surface area contributed by atoms with E-state index in [0.29, 0.717) is 45.7 Å². The van der Waals surface area contributed by atoms with Crippen LogP contribution >= 0.6 is 23.2 Å². The summed E-state index contributed by atoms with van der Waals surface area (Å²) in [4.78, 5) is 28.9. The van der Waals surface area contributed by atoms with Crippen molar-refractivity contribution in [2.75, 3.05) is 13.2 Å². The summed E-state index contributed by atoms with van der Waals surface area (Å²) in [6.07, 6.45) is 5.23. The molecule has 0 aliphatic rings. The van der Waals surface area contributed by atoms with Gasteiger partial charge in [0.15, 0.2) is 5.78 Å². The average molecular weight is 548 g/mol. The number of hydrogen-bond donors (Lipinski definition) is 0. The summed E-state index contributed by atoms with van der Waals surface area (Å²) >= 11 is 11.8. The summed E-state index contributed by atoms with van der Waals surface area (Å²) in [5.74, 6) is 0.843. The molecule has 4 rings (SSSR count). The number of benzene rings is 3. The summed E-state index contributed by atoms with van der Waals surface area (Å²) in [5, 5.41) is 1.24. The number of hydrogen-bond acceptors (Lipinski definition) is 6. The van der Waals surface area contributed by atoms with Crippen molar-refractivity contribution in [1.29, 1.82) is 0 Å². The Hall–Kier alpha value is -4.13. The predicted octanol–water partition coefficient (Wildman–Crippen LogP) is 7.70. The van der Waals surface area contributed by atoms with E-state index in [-0.39, 0.29) is 18.3 Å². The van der Waals surface area contributed by atoms with Crippen molar-refractivity contribution in [2.24, 2.45) is 0 Å². The third kappa shape index (κ3) is 8.20. The van der Waals surface area contributed by atoms with E-state index < -0.39 is 5.97 Å². The van der Waals surface area contributed by atoms with E-state index in [1.54, 1.807) is 72.8 Å². The average Bonchev–Trinajstić information content (AvgIpc) is 2.94. The van der Waals surface area contributed by atoms with E-state index in [1.807, 2.05) is 12.1 Å². The lowest BCUT2D eigenvalue weighted by molar-refractivity contribution is 0.0485. The molecule has 0 saturated carbocycles. The fraction of sp³-hybridized carbons (Fsp3) is 0.100. The van der Waals surface area contributed by atoms with Crippen LogP contribution in [0.2, 0.25) is 10.0 Å². The molecule has 0 spiro atoms. The summed E-state index contributed by atoms with van der Waals surface area (Å²) in [5.41, 5.74) is 1.77. The van der Waals surface area contributed by atoms with Crippen molar-refractivity contribution in [3.63, 3.8) is 0 Å². The number of carbonyl (C=O) groups excluding carboxylic acids is 2. The molecule has 0 amide bonds. The first-order valence-corrected chi connectivity index (χ1v) is 12.5. The molecule has 0 saturated heterocycles. The van der Waals surface area contributed by atoms with Gasteiger partial charge in [0.05, 0.1) is 18.8 Å². The molecule has 8 heteroatoms. The third-order valence-corrected chi connectivity index (χ3v) is 5.74. The van der Waals surface area contributed by atoms with Crippen molar-refractivity contribution in [3.8, 4) is 17.4 Å². The van der Waals surface area contributed by atoms with Gasteiger partial charge in [-0.3, -0.25) is 4.79 Å². The van der Waals surface area contributed by atoms with Crippen molar-refractivity contribution in [1.82, 2.24) is 4.98 Å². The lowest BCUT2D eigenvalue weighted by atomic mass is 10.1. The van der Waals surface area contributed by atoms with Gasteiger partial charge in [-0.1, -0.05) is 41.4 Å². The number of allylic oxidation sites excluding steroid dienone is 1. The van der Waals surface area contributed by atoms with Crippen molar-refractivity contribution in [2.45, 2.75) is 6.42 Å². The first kappa shape index (κ1) is 26.9. The molecule has 4 aromatic rings. The van der Waals surface area contributed by atoms with Gasteiger partial charge in [0.2, 0.25) is 5.88 Å². The van der Waals surface area contributed by atoms with E-state index >= 15 is 0 Å². The highest BCUT2D eigenvalue weighted by atomic mass is 35.5. The van der Waals surface area contributed by atoms with Crippen LogP contribution in [0.25, 0.3) is 6.08 Å². The summed E-state index contributed by atoms with van der Waals surface area (Å²) < 4.78 is 16.7. The highest BCUT2D eigenvalue weighted by Gasteiger charge is 2.10. The highest BCUT2D eigenvalue weighted by Crippen LogP contribution is 2.22. The molecule has 0 N–H and O–H groups in total. The Bertz CT molecular complexity index is 1400. The van der Waals surface area contributed by atoms with Gasteiger partial charge in [0, 0.05) is 34.3 Å². The molecule has 0 fully saturated rings. The molecular formula is C30H23Cl2NO5. The number of halogens is 2. The van der Waals surface area contributed by atoms with Crippen LogP contribution in [0.15, 0.2) is 97.2 Å². The standard InChI is InChI=1S/C30H23Cl2NO5/c31-24-7-2-21(3-8-24)4-15-28(34)22-5-11-26(12-6-22)36-18-1-19-37-30(35)23-16-17-33-29(20-23)38-27-13-9-25(32)10-14-27/h2-17,20H,1,18-19H2/b15-4+. The SMILES string of the molecule is O=C(/C=C/c1ccc(Cl)cc1)c1ccc(OCCCOC(=O)c2ccnc(Oc3ccc(Cl)cc3)c2)cc1. The number of nitrogens with zero attached hydrogens (tertiary/aromatic N) is 1. The van der Waals surface area contributed by atoms with Crippen LogP contribution in [0.3, 0.4) is 0 Å². The van der Waals surface area contributed by atoms with E-state index in [4.69, 9.17) is 37.4 Å². The van der Waals surface area contributed by atoms with Crippen LogP contribution in [-0.2, 0) is 4.74 Å². The predicted molar refractivity (Wildman–Crippen MR) is 147 cm³/mol. The van der Waals surface area contributed by atoms with E-state index in [2.05, 4.69) is 4.98 Å². The number of pyridine rings is 1. The third-order valence-electron chi connectivity index (χ3n) is 5.23. The maximum atomic E-state index is 12.4. The number of rotatable bonds is 11. The zero-order chi connectivity index (χ0) is 26.7. The first-order valence-electron chi connectivity index (χ1n) is 11.7. The summed E-state index contributed by atoms with van der Waals surface area (Å²) in [6.45, 7) is 0.527. The molecule has 0 atom stereocenters. The van der Waals surface area contributed by atoms with Gasteiger partial charge in [-0.25, -0.2) is 9.78 Å². The first-order chi connectivity index (χ1) is 18.5. The summed E-state index contributed by atoms with van der Waals surface area (Å²) in [6, 6.07) is 24.0. The molecule has 0 aliphatic heterocycles. The monoisotopic (exact) mass is 547 g/mol. The number of ketones is 1. The zero-order valence-corrected chi connectivity index (χ0v) is 21.7. The van der Waals surface area contributed by atoms with Crippen LogP contribution in [0, 0.1) is 0 Å². The molecule has 0 unspecified atom stereocenters. The largest absolute Gasteiger partial charge is 0.493 e. The fourth-order valence-electron chi connectivity index (χ4n) is 3.27. The van der Waals surface area contributed by atoms with E-state index in [0.717, 1.165) is 5.56 Å². The Kier molecular flexibility index (Phi) is 9.51. The Morgan fingerprint density at radius 3 is 2.13 bits per heavy atom. The number of aromatic nitrogens is 1. The molecule has 0 radical (unpaired) electrons. The van der Waals surface area contributed by atoms with Gasteiger partial charge in [-0.2, -0.15) is 0 Å². The minimum atomic E-state index is -0.483. The second-order valence-corrected chi connectivity index (χ2v) is 8.92. The molecule has 1 aromatic heterocycles. The van der Waals surface area contributed by atoms with Crippen LogP contribution in [0.5, 0.6) is 17.4 Å². The Labute approximate surface area is 230 Å². The van der Waals surface area contributed by atoms with Gasteiger partial charge in [0.25, 0.3) is 0 Å². The lowest BCUT2D eigenvalue weighted by Crippen LogP contribution is -2.09. The number of esters is 1. The topological polar surface area (TPSA) is 74.7 Å². The van der Waals surface area contributed by atoms with E-state index in [9.17, 15) is 9.59 Å². The maximum absolute atomic E-state index is 12.4. The smallest absolute Gasteiger partial charge is 0.338 e. The minimum absolute atomic E-state index is 0.115. The molecule has 0 bridgehead atoms. The molecule has 1 heterocycles. The maximum Gasteiger partial charge on any atom is 0.338 e. The number of carbonyl (C=O) groups is 2. The van der Waals surface area contributed by atoms with Gasteiger partial charge in [-0.05, 0) is 78.4 Å². The Morgan fingerprint density at radius 2 is 1.42 bits per heavy atom. The second kappa shape index (κ2) is 13.4. The zero-order valence-electron chi connectivity index (χ0n) is 20.2. The normalized spacial score (nSPS) is 10.8. The molecular weight excluding hydrogens is 525 g/mol. The van der Waals surface area contributed by atoms with Crippen LogP contribution in [0.4, 0.5) is 0 Å². The fourth-order valence-corrected chi connectivity index (χ4v) is 3.52. The summed E-state index contributed by atoms with van der Waals surface area (Å²) in [7, 11) is 0. The molecule has 38 heavy (non-hydrogen) atoms.